The number of halogens is 3. The zero-order valence-corrected chi connectivity index (χ0v) is 8.18. The lowest BCUT2D eigenvalue weighted by Crippen LogP contribution is -2.18. The van der Waals surface area contributed by atoms with E-state index >= 15 is 0 Å². The third-order valence-electron chi connectivity index (χ3n) is 1.81. The summed E-state index contributed by atoms with van der Waals surface area (Å²) in [6.45, 7) is 0.271. The van der Waals surface area contributed by atoms with E-state index in [1.54, 1.807) is 0 Å². The Bertz CT molecular complexity index is 213. The molecule has 0 bridgehead atoms. The Hall–Kier alpha value is -0.590. The van der Waals surface area contributed by atoms with E-state index in [1.807, 2.05) is 0 Å². The Labute approximate surface area is 85.8 Å². The fraction of sp³-hybridized carbons (Fsp3) is 0.778. The summed E-state index contributed by atoms with van der Waals surface area (Å²) < 4.78 is 51.8. The predicted octanol–water partition coefficient (Wildman–Crippen LogP) is 1.89. The summed E-state index contributed by atoms with van der Waals surface area (Å²) in [5, 5.41) is 0. The minimum atomic E-state index is -4.32. The first-order chi connectivity index (χ1) is 7.11. The van der Waals surface area contributed by atoms with Crippen molar-refractivity contribution < 1.29 is 27.4 Å². The molecular formula is C9H13F3O3. The Morgan fingerprint density at radius 2 is 1.67 bits per heavy atom. The standard InChI is InChI=1S/C9H13F3O3/c10-9(11,12)8-2-1-3-14-7-15-5-4-13-6-8/h2H,1,3-7H2/b8-2+. The molecule has 1 aliphatic heterocycles. The highest BCUT2D eigenvalue weighted by atomic mass is 19.4. The van der Waals surface area contributed by atoms with Gasteiger partial charge in [0.25, 0.3) is 0 Å². The molecule has 0 saturated carbocycles. The smallest absolute Gasteiger partial charge is 0.374 e. The van der Waals surface area contributed by atoms with Gasteiger partial charge in [0.1, 0.15) is 6.79 Å². The van der Waals surface area contributed by atoms with Crippen LogP contribution in [0.15, 0.2) is 11.6 Å². The molecule has 0 saturated heterocycles. The summed E-state index contributed by atoms with van der Waals surface area (Å²) in [4.78, 5) is 0. The topological polar surface area (TPSA) is 27.7 Å². The van der Waals surface area contributed by atoms with Crippen molar-refractivity contribution in [2.24, 2.45) is 0 Å². The summed E-state index contributed by atoms with van der Waals surface area (Å²) in [5.74, 6) is 0. The molecule has 1 aliphatic rings. The van der Waals surface area contributed by atoms with Gasteiger partial charge >= 0.3 is 6.18 Å². The number of ether oxygens (including phenoxy) is 3. The maximum absolute atomic E-state index is 12.4. The molecule has 0 atom stereocenters. The van der Waals surface area contributed by atoms with Crippen LogP contribution >= 0.6 is 0 Å². The average Bonchev–Trinajstić information content (AvgIpc) is 2.20. The van der Waals surface area contributed by atoms with E-state index in [0.29, 0.717) is 0 Å². The Balaban J connectivity index is 2.52. The molecule has 0 aliphatic carbocycles. The van der Waals surface area contributed by atoms with Crippen LogP contribution < -0.4 is 0 Å². The quantitative estimate of drug-likeness (QED) is 0.590. The van der Waals surface area contributed by atoms with Crippen LogP contribution in [0.5, 0.6) is 0 Å². The summed E-state index contributed by atoms with van der Waals surface area (Å²) in [5.41, 5.74) is -0.659. The van der Waals surface area contributed by atoms with Gasteiger partial charge in [-0.2, -0.15) is 13.2 Å². The van der Waals surface area contributed by atoms with Crippen molar-refractivity contribution in [1.82, 2.24) is 0 Å². The van der Waals surface area contributed by atoms with Gasteiger partial charge in [0, 0.05) is 0 Å². The summed E-state index contributed by atoms with van der Waals surface area (Å²) in [7, 11) is 0. The molecule has 3 nitrogen and oxygen atoms in total. The molecule has 0 fully saturated rings. The number of hydrogen-bond donors (Lipinski definition) is 0. The van der Waals surface area contributed by atoms with Crippen molar-refractivity contribution in [3.05, 3.63) is 11.6 Å². The fourth-order valence-electron chi connectivity index (χ4n) is 1.05. The normalized spacial score (nSPS) is 25.1. The lowest BCUT2D eigenvalue weighted by molar-refractivity contribution is -0.103. The molecule has 0 spiro atoms. The second-order valence-corrected chi connectivity index (χ2v) is 3.00. The Kier molecular flexibility index (Phi) is 5.07. The summed E-state index contributed by atoms with van der Waals surface area (Å²) >= 11 is 0. The first-order valence-electron chi connectivity index (χ1n) is 4.60. The van der Waals surface area contributed by atoms with Crippen LogP contribution in [0.1, 0.15) is 6.42 Å². The predicted molar refractivity (Wildman–Crippen MR) is 46.3 cm³/mol. The molecule has 0 aromatic rings. The highest BCUT2D eigenvalue weighted by Crippen LogP contribution is 2.26. The maximum atomic E-state index is 12.4. The number of alkyl halides is 3. The lowest BCUT2D eigenvalue weighted by Gasteiger charge is -2.11. The van der Waals surface area contributed by atoms with E-state index in [9.17, 15) is 13.2 Å². The van der Waals surface area contributed by atoms with E-state index in [-0.39, 0.29) is 33.0 Å². The van der Waals surface area contributed by atoms with Gasteiger partial charge < -0.3 is 14.2 Å². The number of rotatable bonds is 0. The second kappa shape index (κ2) is 6.09. The SMILES string of the molecule is FC(F)(F)/C1=C/CCOCOCCOC1. The minimum absolute atomic E-state index is 0.0958. The molecule has 0 amide bonds. The van der Waals surface area contributed by atoms with E-state index in [0.717, 1.165) is 6.08 Å². The molecule has 1 heterocycles. The minimum Gasteiger partial charge on any atom is -0.374 e. The van der Waals surface area contributed by atoms with Gasteiger partial charge in [-0.05, 0) is 6.42 Å². The van der Waals surface area contributed by atoms with Crippen LogP contribution in [-0.4, -0.2) is 39.4 Å². The summed E-state index contributed by atoms with van der Waals surface area (Å²) in [6, 6.07) is 0. The van der Waals surface area contributed by atoms with Crippen LogP contribution in [0.4, 0.5) is 13.2 Å². The molecule has 0 N–H and O–H groups in total. The number of hydrogen-bond acceptors (Lipinski definition) is 3. The molecule has 6 heteroatoms. The van der Waals surface area contributed by atoms with Crippen LogP contribution in [-0.2, 0) is 14.2 Å². The van der Waals surface area contributed by atoms with Crippen LogP contribution in [0.3, 0.4) is 0 Å². The zero-order valence-electron chi connectivity index (χ0n) is 8.18. The van der Waals surface area contributed by atoms with Gasteiger partial charge in [-0.3, -0.25) is 0 Å². The van der Waals surface area contributed by atoms with Crippen molar-refractivity contribution in [2.75, 3.05) is 33.2 Å². The van der Waals surface area contributed by atoms with Crippen molar-refractivity contribution in [3.63, 3.8) is 0 Å². The Morgan fingerprint density at radius 3 is 2.40 bits per heavy atom. The highest BCUT2D eigenvalue weighted by Gasteiger charge is 2.33. The van der Waals surface area contributed by atoms with E-state index < -0.39 is 18.4 Å². The molecule has 0 aromatic heterocycles. The van der Waals surface area contributed by atoms with E-state index in [4.69, 9.17) is 14.2 Å². The van der Waals surface area contributed by atoms with E-state index in [2.05, 4.69) is 0 Å². The largest absolute Gasteiger partial charge is 0.414 e. The van der Waals surface area contributed by atoms with Crippen LogP contribution in [0, 0.1) is 0 Å². The van der Waals surface area contributed by atoms with E-state index in [1.165, 1.54) is 0 Å². The van der Waals surface area contributed by atoms with Gasteiger partial charge in [-0.25, -0.2) is 0 Å². The molecule has 0 unspecified atom stereocenters. The average molecular weight is 226 g/mol. The molecular weight excluding hydrogens is 213 g/mol. The maximum Gasteiger partial charge on any atom is 0.414 e. The van der Waals surface area contributed by atoms with Gasteiger partial charge in [0.2, 0.25) is 0 Å². The third-order valence-corrected chi connectivity index (χ3v) is 1.81. The molecule has 0 aromatic carbocycles. The second-order valence-electron chi connectivity index (χ2n) is 3.00. The van der Waals surface area contributed by atoms with Gasteiger partial charge in [-0.15, -0.1) is 0 Å². The molecule has 0 radical (unpaired) electrons. The molecule has 1 rings (SSSR count). The van der Waals surface area contributed by atoms with Gasteiger partial charge in [0.15, 0.2) is 0 Å². The summed E-state index contributed by atoms with van der Waals surface area (Å²) in [6.07, 6.45) is -3.01. The monoisotopic (exact) mass is 226 g/mol. The Morgan fingerprint density at radius 1 is 1.00 bits per heavy atom. The fourth-order valence-corrected chi connectivity index (χ4v) is 1.05. The van der Waals surface area contributed by atoms with Crippen molar-refractivity contribution in [3.8, 4) is 0 Å². The first-order valence-corrected chi connectivity index (χ1v) is 4.60. The highest BCUT2D eigenvalue weighted by molar-refractivity contribution is 5.09. The van der Waals surface area contributed by atoms with Crippen molar-refractivity contribution >= 4 is 0 Å². The van der Waals surface area contributed by atoms with Crippen LogP contribution in [0.2, 0.25) is 0 Å². The molecule has 15 heavy (non-hydrogen) atoms. The van der Waals surface area contributed by atoms with Crippen molar-refractivity contribution in [2.45, 2.75) is 12.6 Å². The third kappa shape index (κ3) is 5.15. The van der Waals surface area contributed by atoms with Crippen molar-refractivity contribution in [1.29, 1.82) is 0 Å². The lowest BCUT2D eigenvalue weighted by atomic mass is 10.2. The van der Waals surface area contributed by atoms with Gasteiger partial charge in [0.05, 0.1) is 32.0 Å². The van der Waals surface area contributed by atoms with Gasteiger partial charge in [-0.1, -0.05) is 6.08 Å². The molecule has 88 valence electrons. The van der Waals surface area contributed by atoms with Crippen LogP contribution in [0.25, 0.3) is 0 Å². The first kappa shape index (κ1) is 12.5. The zero-order chi connectivity index (χ0) is 11.1.